The van der Waals surface area contributed by atoms with Crippen molar-refractivity contribution in [1.29, 1.82) is 0 Å². The van der Waals surface area contributed by atoms with E-state index in [-0.39, 0.29) is 5.91 Å². The molecule has 2 aromatic rings. The maximum atomic E-state index is 12.7. The number of amides is 1. The number of ether oxygens (including phenoxy) is 1. The molecule has 0 saturated carbocycles. The zero-order valence-corrected chi connectivity index (χ0v) is 12.4. The number of carbonyl (C=O) groups is 1. The van der Waals surface area contributed by atoms with E-state index in [9.17, 15) is 9.00 Å². The van der Waals surface area contributed by atoms with Gasteiger partial charge in [0.15, 0.2) is 0 Å². The minimum Gasteiger partial charge on any atom is -0.497 e. The van der Waals surface area contributed by atoms with Crippen LogP contribution in [-0.4, -0.2) is 29.5 Å². The highest BCUT2D eigenvalue weighted by molar-refractivity contribution is 7.85. The van der Waals surface area contributed by atoms with Crippen LogP contribution in [0.3, 0.4) is 0 Å². The molecule has 108 valence electrons. The largest absolute Gasteiger partial charge is 0.497 e. The van der Waals surface area contributed by atoms with Gasteiger partial charge < -0.3 is 9.64 Å². The maximum absolute atomic E-state index is 12.7. The highest BCUT2D eigenvalue weighted by atomic mass is 32.2. The Morgan fingerprint density at radius 3 is 2.57 bits per heavy atom. The summed E-state index contributed by atoms with van der Waals surface area (Å²) in [6, 6.07) is 14.4. The van der Waals surface area contributed by atoms with Crippen molar-refractivity contribution in [3.05, 3.63) is 54.1 Å². The van der Waals surface area contributed by atoms with Crippen molar-refractivity contribution in [2.75, 3.05) is 24.3 Å². The van der Waals surface area contributed by atoms with Gasteiger partial charge in [-0.05, 0) is 36.4 Å². The number of carbonyl (C=O) groups excluding carboxylic acids is 1. The lowest BCUT2D eigenvalue weighted by Crippen LogP contribution is -2.38. The third-order valence-electron chi connectivity index (χ3n) is 3.48. The standard InChI is InChI=1S/C16H15NO3S/c1-20-13-8-6-12(7-9-13)16(18)17-10-11-21(19)15-5-3-2-4-14(15)17/h2-9H,10-11H2,1H3. The molecule has 1 unspecified atom stereocenters. The van der Waals surface area contributed by atoms with Crippen LogP contribution >= 0.6 is 0 Å². The fourth-order valence-electron chi connectivity index (χ4n) is 2.38. The Morgan fingerprint density at radius 1 is 1.14 bits per heavy atom. The van der Waals surface area contributed by atoms with E-state index in [0.29, 0.717) is 23.6 Å². The Morgan fingerprint density at radius 2 is 1.86 bits per heavy atom. The number of fused-ring (bicyclic) bond motifs is 1. The van der Waals surface area contributed by atoms with Crippen molar-refractivity contribution in [3.63, 3.8) is 0 Å². The summed E-state index contributed by atoms with van der Waals surface area (Å²) >= 11 is 0. The normalized spacial score (nSPS) is 17.2. The zero-order valence-electron chi connectivity index (χ0n) is 11.6. The number of hydrogen-bond donors (Lipinski definition) is 0. The minimum absolute atomic E-state index is 0.0817. The summed E-state index contributed by atoms with van der Waals surface area (Å²) in [5, 5.41) is 0. The third-order valence-corrected chi connectivity index (χ3v) is 4.87. The summed E-state index contributed by atoms with van der Waals surface area (Å²) in [6.07, 6.45) is 0. The number of nitrogens with zero attached hydrogens (tertiary/aromatic N) is 1. The number of benzene rings is 2. The van der Waals surface area contributed by atoms with E-state index in [4.69, 9.17) is 4.74 Å². The van der Waals surface area contributed by atoms with Crippen LogP contribution in [0.5, 0.6) is 5.75 Å². The summed E-state index contributed by atoms with van der Waals surface area (Å²) < 4.78 is 17.1. The summed E-state index contributed by atoms with van der Waals surface area (Å²) in [5.74, 6) is 1.10. The van der Waals surface area contributed by atoms with E-state index in [1.807, 2.05) is 24.3 Å². The molecule has 5 heteroatoms. The first-order valence-electron chi connectivity index (χ1n) is 6.64. The smallest absolute Gasteiger partial charge is 0.258 e. The van der Waals surface area contributed by atoms with Gasteiger partial charge in [-0.2, -0.15) is 0 Å². The van der Waals surface area contributed by atoms with Crippen LogP contribution in [0.2, 0.25) is 0 Å². The Kier molecular flexibility index (Phi) is 3.75. The fraction of sp³-hybridized carbons (Fsp3) is 0.188. The summed E-state index contributed by atoms with van der Waals surface area (Å²) in [7, 11) is 0.563. The van der Waals surface area contributed by atoms with Crippen LogP contribution in [-0.2, 0) is 10.8 Å². The summed E-state index contributed by atoms with van der Waals surface area (Å²) in [4.78, 5) is 15.1. The van der Waals surface area contributed by atoms with Crippen molar-refractivity contribution in [2.24, 2.45) is 0 Å². The first-order valence-corrected chi connectivity index (χ1v) is 7.96. The molecule has 1 atom stereocenters. The van der Waals surface area contributed by atoms with Crippen LogP contribution < -0.4 is 9.64 Å². The topological polar surface area (TPSA) is 46.6 Å². The minimum atomic E-state index is -1.03. The monoisotopic (exact) mass is 301 g/mol. The predicted molar refractivity (Wildman–Crippen MR) is 82.4 cm³/mol. The molecule has 0 saturated heterocycles. The van der Waals surface area contributed by atoms with Gasteiger partial charge in [-0.15, -0.1) is 0 Å². The summed E-state index contributed by atoms with van der Waals surface area (Å²) in [6.45, 7) is 0.467. The van der Waals surface area contributed by atoms with Crippen LogP contribution in [0.25, 0.3) is 0 Å². The van der Waals surface area contributed by atoms with Crippen LogP contribution in [0, 0.1) is 0 Å². The first-order chi connectivity index (χ1) is 10.2. The number of methoxy groups -OCH3 is 1. The lowest BCUT2D eigenvalue weighted by molar-refractivity contribution is 0.0987. The van der Waals surface area contributed by atoms with Gasteiger partial charge in [0, 0.05) is 17.9 Å². The number of hydrogen-bond acceptors (Lipinski definition) is 3. The van der Waals surface area contributed by atoms with Crippen molar-refractivity contribution in [1.82, 2.24) is 0 Å². The highest BCUT2D eigenvalue weighted by Crippen LogP contribution is 2.29. The maximum Gasteiger partial charge on any atom is 0.258 e. The second-order valence-corrected chi connectivity index (χ2v) is 6.24. The molecule has 3 rings (SSSR count). The van der Waals surface area contributed by atoms with Crippen LogP contribution in [0.15, 0.2) is 53.4 Å². The van der Waals surface area contributed by atoms with E-state index in [1.165, 1.54) is 0 Å². The fourth-order valence-corrected chi connectivity index (χ4v) is 3.59. The van der Waals surface area contributed by atoms with Crippen LogP contribution in [0.4, 0.5) is 5.69 Å². The van der Waals surface area contributed by atoms with Gasteiger partial charge in [0.25, 0.3) is 5.91 Å². The Labute approximate surface area is 125 Å². The summed E-state index contributed by atoms with van der Waals surface area (Å²) in [5.41, 5.74) is 1.33. The lowest BCUT2D eigenvalue weighted by Gasteiger charge is -2.28. The Hall–Kier alpha value is -2.14. The van der Waals surface area contributed by atoms with Crippen molar-refractivity contribution in [2.45, 2.75) is 4.90 Å². The average Bonchev–Trinajstić information content (AvgIpc) is 2.55. The van der Waals surface area contributed by atoms with Gasteiger partial charge in [0.2, 0.25) is 0 Å². The average molecular weight is 301 g/mol. The molecule has 2 aromatic carbocycles. The van der Waals surface area contributed by atoms with E-state index in [2.05, 4.69) is 0 Å². The van der Waals surface area contributed by atoms with Gasteiger partial charge in [-0.1, -0.05) is 12.1 Å². The van der Waals surface area contributed by atoms with Crippen molar-refractivity contribution < 1.29 is 13.7 Å². The number of anilines is 1. The van der Waals surface area contributed by atoms with E-state index < -0.39 is 10.8 Å². The predicted octanol–water partition coefficient (Wildman–Crippen LogP) is 2.46. The van der Waals surface area contributed by atoms with E-state index >= 15 is 0 Å². The van der Waals surface area contributed by atoms with Gasteiger partial charge in [-0.3, -0.25) is 9.00 Å². The third kappa shape index (κ3) is 2.56. The van der Waals surface area contributed by atoms with Gasteiger partial charge in [-0.25, -0.2) is 0 Å². The molecule has 0 N–H and O–H groups in total. The molecule has 1 aliphatic heterocycles. The van der Waals surface area contributed by atoms with E-state index in [1.54, 1.807) is 36.3 Å². The highest BCUT2D eigenvalue weighted by Gasteiger charge is 2.26. The van der Waals surface area contributed by atoms with E-state index in [0.717, 1.165) is 10.6 Å². The second-order valence-electron chi connectivity index (χ2n) is 4.70. The van der Waals surface area contributed by atoms with Gasteiger partial charge in [0.1, 0.15) is 5.75 Å². The van der Waals surface area contributed by atoms with Crippen molar-refractivity contribution >= 4 is 22.4 Å². The molecular weight excluding hydrogens is 286 g/mol. The lowest BCUT2D eigenvalue weighted by atomic mass is 10.1. The van der Waals surface area contributed by atoms with Gasteiger partial charge in [0.05, 0.1) is 28.5 Å². The Bertz CT molecular complexity index is 697. The van der Waals surface area contributed by atoms with Gasteiger partial charge >= 0.3 is 0 Å². The molecule has 0 spiro atoms. The second kappa shape index (κ2) is 5.69. The molecule has 21 heavy (non-hydrogen) atoms. The molecule has 0 radical (unpaired) electrons. The molecule has 1 heterocycles. The quantitative estimate of drug-likeness (QED) is 0.856. The molecule has 0 fully saturated rings. The molecule has 1 aliphatic rings. The molecule has 0 aliphatic carbocycles. The molecule has 0 aromatic heterocycles. The Balaban J connectivity index is 1.95. The van der Waals surface area contributed by atoms with Crippen LogP contribution in [0.1, 0.15) is 10.4 Å². The zero-order chi connectivity index (χ0) is 14.8. The molecule has 4 nitrogen and oxygen atoms in total. The number of para-hydroxylation sites is 1. The molecule has 1 amide bonds. The number of rotatable bonds is 2. The molecular formula is C16H15NO3S. The molecule has 0 bridgehead atoms. The SMILES string of the molecule is COc1ccc(C(=O)N2CCS(=O)c3ccccc32)cc1. The first kappa shape index (κ1) is 13.8. The van der Waals surface area contributed by atoms with Crippen molar-refractivity contribution in [3.8, 4) is 5.75 Å².